The summed E-state index contributed by atoms with van der Waals surface area (Å²) in [4.78, 5) is 7.06. The van der Waals surface area contributed by atoms with Gasteiger partial charge in [-0.05, 0) is 43.8 Å². The van der Waals surface area contributed by atoms with Crippen LogP contribution in [0.25, 0.3) is 11.0 Å². The molecule has 3 aromatic rings. The van der Waals surface area contributed by atoms with Crippen molar-refractivity contribution in [3.05, 3.63) is 64.9 Å². The molecule has 0 aliphatic heterocycles. The lowest BCUT2D eigenvalue weighted by Gasteiger charge is -2.17. The van der Waals surface area contributed by atoms with Crippen LogP contribution in [0.1, 0.15) is 17.8 Å². The number of fused-ring (bicyclic) bond motifs is 1. The van der Waals surface area contributed by atoms with Crippen molar-refractivity contribution in [3.63, 3.8) is 0 Å². The lowest BCUT2D eigenvalue weighted by Crippen LogP contribution is -2.20. The van der Waals surface area contributed by atoms with Gasteiger partial charge < -0.3 is 9.47 Å². The fourth-order valence-corrected chi connectivity index (χ4v) is 3.49. The maximum atomic E-state index is 6.10. The Labute approximate surface area is 159 Å². The average molecular weight is 376 g/mol. The van der Waals surface area contributed by atoms with Gasteiger partial charge in [0.2, 0.25) is 0 Å². The molecule has 0 unspecified atom stereocenters. The van der Waals surface area contributed by atoms with E-state index in [1.165, 1.54) is 5.56 Å². The molecule has 0 N–H and O–H groups in total. The molecule has 0 radical (unpaired) electrons. The van der Waals surface area contributed by atoms with Crippen molar-refractivity contribution in [2.75, 3.05) is 19.5 Å². The summed E-state index contributed by atoms with van der Waals surface area (Å²) >= 11 is 12.1. The number of imidazole rings is 1. The van der Waals surface area contributed by atoms with Gasteiger partial charge in [-0.2, -0.15) is 0 Å². The van der Waals surface area contributed by atoms with Crippen LogP contribution >= 0.6 is 23.2 Å². The van der Waals surface area contributed by atoms with E-state index in [-0.39, 0.29) is 0 Å². The molecule has 1 heterocycles. The second kappa shape index (κ2) is 8.70. The minimum atomic E-state index is 0.574. The summed E-state index contributed by atoms with van der Waals surface area (Å²) in [5.41, 5.74) is 3.43. The van der Waals surface area contributed by atoms with E-state index in [4.69, 9.17) is 28.2 Å². The standard InChI is InChI=1S/C20H23Cl2N3/c1-24(15-16-6-3-2-4-7-16)12-5-13-25-19-9-8-17(22)14-18(19)23-20(25)10-11-21/h2-4,6-9,14H,5,10-13,15H2,1H3. The Hall–Kier alpha value is -1.55. The van der Waals surface area contributed by atoms with Crippen LogP contribution in [0.5, 0.6) is 0 Å². The largest absolute Gasteiger partial charge is 0.328 e. The number of rotatable bonds is 8. The van der Waals surface area contributed by atoms with Crippen molar-refractivity contribution in [3.8, 4) is 0 Å². The van der Waals surface area contributed by atoms with E-state index in [2.05, 4.69) is 52.9 Å². The predicted molar refractivity (Wildman–Crippen MR) is 107 cm³/mol. The number of aromatic nitrogens is 2. The second-order valence-electron chi connectivity index (χ2n) is 6.33. The zero-order valence-corrected chi connectivity index (χ0v) is 16.0. The molecular formula is C20H23Cl2N3. The Balaban J connectivity index is 1.65. The quantitative estimate of drug-likeness (QED) is 0.516. The monoisotopic (exact) mass is 375 g/mol. The van der Waals surface area contributed by atoms with Crippen molar-refractivity contribution in [2.24, 2.45) is 0 Å². The van der Waals surface area contributed by atoms with Crippen LogP contribution in [0.4, 0.5) is 0 Å². The van der Waals surface area contributed by atoms with Crippen molar-refractivity contribution >= 4 is 34.2 Å². The lowest BCUT2D eigenvalue weighted by molar-refractivity contribution is 0.314. The summed E-state index contributed by atoms with van der Waals surface area (Å²) in [6, 6.07) is 16.5. The topological polar surface area (TPSA) is 21.1 Å². The van der Waals surface area contributed by atoms with Crippen LogP contribution in [0, 0.1) is 0 Å². The van der Waals surface area contributed by atoms with E-state index < -0.39 is 0 Å². The van der Waals surface area contributed by atoms with E-state index in [0.717, 1.165) is 54.4 Å². The van der Waals surface area contributed by atoms with Crippen LogP contribution in [0.2, 0.25) is 5.02 Å². The molecule has 0 spiro atoms. The number of aryl methyl sites for hydroxylation is 2. The van der Waals surface area contributed by atoms with Crippen molar-refractivity contribution < 1.29 is 0 Å². The van der Waals surface area contributed by atoms with E-state index in [9.17, 15) is 0 Å². The molecule has 0 saturated heterocycles. The highest BCUT2D eigenvalue weighted by molar-refractivity contribution is 6.31. The van der Waals surface area contributed by atoms with Gasteiger partial charge in [-0.15, -0.1) is 11.6 Å². The van der Waals surface area contributed by atoms with Gasteiger partial charge in [-0.25, -0.2) is 4.98 Å². The Morgan fingerprint density at radius 2 is 1.92 bits per heavy atom. The SMILES string of the molecule is CN(CCCn1c(CCCl)nc2cc(Cl)ccc21)Cc1ccccc1. The van der Waals surface area contributed by atoms with Gasteiger partial charge in [0.1, 0.15) is 5.82 Å². The number of alkyl halides is 1. The normalized spacial score (nSPS) is 11.5. The maximum Gasteiger partial charge on any atom is 0.111 e. The lowest BCUT2D eigenvalue weighted by atomic mass is 10.2. The van der Waals surface area contributed by atoms with E-state index in [1.807, 2.05) is 12.1 Å². The highest BCUT2D eigenvalue weighted by Crippen LogP contribution is 2.21. The fraction of sp³-hybridized carbons (Fsp3) is 0.350. The Morgan fingerprint density at radius 1 is 1.12 bits per heavy atom. The first kappa shape index (κ1) is 18.2. The van der Waals surface area contributed by atoms with Crippen LogP contribution in [0.15, 0.2) is 48.5 Å². The fourth-order valence-electron chi connectivity index (χ4n) is 3.15. The molecule has 3 rings (SSSR count). The molecule has 1 aromatic heterocycles. The molecule has 0 aliphatic rings. The molecule has 0 atom stereocenters. The summed E-state index contributed by atoms with van der Waals surface area (Å²) in [6.07, 6.45) is 1.83. The van der Waals surface area contributed by atoms with Gasteiger partial charge in [0, 0.05) is 30.4 Å². The van der Waals surface area contributed by atoms with Gasteiger partial charge in [0.15, 0.2) is 0 Å². The first-order valence-corrected chi connectivity index (χ1v) is 9.51. The Kier molecular flexibility index (Phi) is 6.35. The summed E-state index contributed by atoms with van der Waals surface area (Å²) in [5.74, 6) is 1.61. The van der Waals surface area contributed by atoms with Gasteiger partial charge in [0.25, 0.3) is 0 Å². The highest BCUT2D eigenvalue weighted by Gasteiger charge is 2.11. The Bertz CT molecular complexity index is 814. The van der Waals surface area contributed by atoms with E-state index >= 15 is 0 Å². The number of benzene rings is 2. The smallest absolute Gasteiger partial charge is 0.111 e. The molecule has 0 fully saturated rings. The van der Waals surface area contributed by atoms with Crippen molar-refractivity contribution in [1.29, 1.82) is 0 Å². The molecule has 25 heavy (non-hydrogen) atoms. The van der Waals surface area contributed by atoms with Crippen molar-refractivity contribution in [1.82, 2.24) is 14.5 Å². The zero-order chi connectivity index (χ0) is 17.6. The summed E-state index contributed by atoms with van der Waals surface area (Å²) in [5, 5.41) is 0.720. The highest BCUT2D eigenvalue weighted by atomic mass is 35.5. The molecular weight excluding hydrogens is 353 g/mol. The molecule has 3 nitrogen and oxygen atoms in total. The first-order valence-electron chi connectivity index (χ1n) is 8.60. The minimum Gasteiger partial charge on any atom is -0.328 e. The van der Waals surface area contributed by atoms with Gasteiger partial charge >= 0.3 is 0 Å². The van der Waals surface area contributed by atoms with Crippen molar-refractivity contribution in [2.45, 2.75) is 25.9 Å². The van der Waals surface area contributed by atoms with Gasteiger partial charge in [-0.1, -0.05) is 41.9 Å². The zero-order valence-electron chi connectivity index (χ0n) is 14.5. The number of halogens is 2. The third-order valence-electron chi connectivity index (χ3n) is 4.32. The van der Waals surface area contributed by atoms with Gasteiger partial charge in [0.05, 0.1) is 11.0 Å². The maximum absolute atomic E-state index is 6.10. The number of nitrogens with zero attached hydrogens (tertiary/aromatic N) is 3. The summed E-state index contributed by atoms with van der Waals surface area (Å²) in [6.45, 7) is 2.93. The third-order valence-corrected chi connectivity index (χ3v) is 4.75. The summed E-state index contributed by atoms with van der Waals surface area (Å²) < 4.78 is 2.28. The predicted octanol–water partition coefficient (Wildman–Crippen LogP) is 4.99. The van der Waals surface area contributed by atoms with Crippen LogP contribution in [0.3, 0.4) is 0 Å². The average Bonchev–Trinajstić information content (AvgIpc) is 2.93. The second-order valence-corrected chi connectivity index (χ2v) is 7.14. The summed E-state index contributed by atoms with van der Waals surface area (Å²) in [7, 11) is 2.17. The molecule has 0 saturated carbocycles. The van der Waals surface area contributed by atoms with Crippen LogP contribution < -0.4 is 0 Å². The molecule has 0 bridgehead atoms. The molecule has 0 amide bonds. The third kappa shape index (κ3) is 4.75. The molecule has 132 valence electrons. The van der Waals surface area contributed by atoms with Crippen LogP contribution in [-0.4, -0.2) is 33.9 Å². The number of hydrogen-bond donors (Lipinski definition) is 0. The van der Waals surface area contributed by atoms with E-state index in [0.29, 0.717) is 5.88 Å². The van der Waals surface area contributed by atoms with Gasteiger partial charge in [-0.3, -0.25) is 0 Å². The first-order chi connectivity index (χ1) is 12.2. The Morgan fingerprint density at radius 3 is 2.68 bits per heavy atom. The molecule has 5 heteroatoms. The minimum absolute atomic E-state index is 0.574. The van der Waals surface area contributed by atoms with Crippen LogP contribution in [-0.2, 0) is 19.5 Å². The molecule has 2 aromatic carbocycles. The molecule has 0 aliphatic carbocycles. The number of hydrogen-bond acceptors (Lipinski definition) is 2. The van der Waals surface area contributed by atoms with E-state index in [1.54, 1.807) is 0 Å².